The van der Waals surface area contributed by atoms with Gasteiger partial charge in [0.1, 0.15) is 10.4 Å². The predicted octanol–water partition coefficient (Wildman–Crippen LogP) is 4.10. The number of thiophene rings is 1. The van der Waals surface area contributed by atoms with E-state index in [2.05, 4.69) is 4.98 Å². The number of pyridine rings is 1. The number of carboxylic acid groups (broad SMARTS) is 1. The van der Waals surface area contributed by atoms with Crippen molar-refractivity contribution in [1.82, 2.24) is 4.98 Å². The molecule has 1 aromatic carbocycles. The minimum Gasteiger partial charge on any atom is -0.477 e. The third-order valence-corrected chi connectivity index (χ3v) is 3.78. The first kappa shape index (κ1) is 12.6. The van der Waals surface area contributed by atoms with Gasteiger partial charge in [-0.1, -0.05) is 29.5 Å². The summed E-state index contributed by atoms with van der Waals surface area (Å²) in [4.78, 5) is 15.6. The van der Waals surface area contributed by atoms with Crippen molar-refractivity contribution < 1.29 is 14.6 Å². The SMILES string of the molecule is Cc1ccc2cccc(Oc3ccc(C(=O)O)s3)c2n1. The Bertz CT molecular complexity index is 795. The van der Waals surface area contributed by atoms with E-state index in [9.17, 15) is 4.79 Å². The number of carboxylic acids is 1. The molecule has 4 nitrogen and oxygen atoms in total. The van der Waals surface area contributed by atoms with E-state index in [4.69, 9.17) is 9.84 Å². The molecule has 0 spiro atoms. The van der Waals surface area contributed by atoms with Crippen molar-refractivity contribution in [3.05, 3.63) is 53.0 Å². The Balaban J connectivity index is 2.01. The molecule has 0 saturated carbocycles. The molecule has 0 aliphatic heterocycles. The Labute approximate surface area is 119 Å². The molecule has 0 aliphatic rings. The quantitative estimate of drug-likeness (QED) is 0.787. The van der Waals surface area contributed by atoms with Crippen molar-refractivity contribution in [2.24, 2.45) is 0 Å². The topological polar surface area (TPSA) is 59.4 Å². The molecule has 100 valence electrons. The van der Waals surface area contributed by atoms with Crippen molar-refractivity contribution >= 4 is 28.2 Å². The molecule has 2 aromatic heterocycles. The van der Waals surface area contributed by atoms with Crippen molar-refractivity contribution in [2.45, 2.75) is 6.92 Å². The van der Waals surface area contributed by atoms with Gasteiger partial charge in [0.05, 0.1) is 0 Å². The van der Waals surface area contributed by atoms with Crippen LogP contribution in [0.1, 0.15) is 15.4 Å². The van der Waals surface area contributed by atoms with E-state index < -0.39 is 5.97 Å². The number of para-hydroxylation sites is 1. The molecule has 20 heavy (non-hydrogen) atoms. The average Bonchev–Trinajstić information content (AvgIpc) is 2.88. The van der Waals surface area contributed by atoms with E-state index in [1.54, 1.807) is 6.07 Å². The average molecular weight is 285 g/mol. The van der Waals surface area contributed by atoms with Gasteiger partial charge < -0.3 is 9.84 Å². The maximum Gasteiger partial charge on any atom is 0.345 e. The summed E-state index contributed by atoms with van der Waals surface area (Å²) >= 11 is 1.10. The van der Waals surface area contributed by atoms with Crippen LogP contribution in [0.5, 0.6) is 10.8 Å². The zero-order valence-electron chi connectivity index (χ0n) is 10.7. The van der Waals surface area contributed by atoms with Crippen LogP contribution in [0.15, 0.2) is 42.5 Å². The van der Waals surface area contributed by atoms with E-state index in [-0.39, 0.29) is 4.88 Å². The highest BCUT2D eigenvalue weighted by Crippen LogP contribution is 2.33. The summed E-state index contributed by atoms with van der Waals surface area (Å²) in [6.07, 6.45) is 0. The lowest BCUT2D eigenvalue weighted by Gasteiger charge is -2.06. The van der Waals surface area contributed by atoms with Gasteiger partial charge in [-0.2, -0.15) is 0 Å². The van der Waals surface area contributed by atoms with Gasteiger partial charge in [-0.05, 0) is 31.2 Å². The third-order valence-electron chi connectivity index (χ3n) is 2.83. The highest BCUT2D eigenvalue weighted by molar-refractivity contribution is 7.15. The summed E-state index contributed by atoms with van der Waals surface area (Å²) in [6.45, 7) is 1.92. The van der Waals surface area contributed by atoms with Crippen molar-refractivity contribution in [2.75, 3.05) is 0 Å². The largest absolute Gasteiger partial charge is 0.477 e. The minimum atomic E-state index is -0.947. The van der Waals surface area contributed by atoms with E-state index in [1.807, 2.05) is 37.3 Å². The Hall–Kier alpha value is -2.40. The van der Waals surface area contributed by atoms with Gasteiger partial charge in [0, 0.05) is 11.1 Å². The summed E-state index contributed by atoms with van der Waals surface area (Å²) in [7, 11) is 0. The number of aromatic carboxylic acids is 1. The molecule has 0 unspecified atom stereocenters. The molecule has 0 atom stereocenters. The Kier molecular flexibility index (Phi) is 3.12. The normalized spacial score (nSPS) is 10.7. The number of ether oxygens (including phenoxy) is 1. The van der Waals surface area contributed by atoms with Crippen LogP contribution in [0, 0.1) is 6.92 Å². The molecule has 0 aliphatic carbocycles. The van der Waals surface area contributed by atoms with Crippen molar-refractivity contribution in [1.29, 1.82) is 0 Å². The number of hydrogen-bond acceptors (Lipinski definition) is 4. The lowest BCUT2D eigenvalue weighted by Crippen LogP contribution is -1.90. The lowest BCUT2D eigenvalue weighted by molar-refractivity contribution is 0.0702. The Morgan fingerprint density at radius 3 is 2.80 bits per heavy atom. The van der Waals surface area contributed by atoms with E-state index >= 15 is 0 Å². The molecular formula is C15H11NO3S. The second kappa shape index (κ2) is 4.94. The Morgan fingerprint density at radius 1 is 1.20 bits per heavy atom. The highest BCUT2D eigenvalue weighted by atomic mass is 32.1. The van der Waals surface area contributed by atoms with Gasteiger partial charge in [-0.15, -0.1) is 0 Å². The molecule has 1 N–H and O–H groups in total. The molecule has 0 bridgehead atoms. The van der Waals surface area contributed by atoms with Gasteiger partial charge in [0.25, 0.3) is 0 Å². The summed E-state index contributed by atoms with van der Waals surface area (Å²) in [6, 6.07) is 12.8. The number of rotatable bonds is 3. The maximum atomic E-state index is 10.9. The van der Waals surface area contributed by atoms with E-state index in [1.165, 1.54) is 6.07 Å². The molecule has 0 amide bonds. The van der Waals surface area contributed by atoms with Crippen LogP contribution in [0.25, 0.3) is 10.9 Å². The number of carbonyl (C=O) groups is 1. The third kappa shape index (κ3) is 2.35. The fraction of sp³-hybridized carbons (Fsp3) is 0.0667. The molecule has 5 heteroatoms. The first-order chi connectivity index (χ1) is 9.63. The van der Waals surface area contributed by atoms with Crippen molar-refractivity contribution in [3.63, 3.8) is 0 Å². The monoisotopic (exact) mass is 285 g/mol. The molecular weight excluding hydrogens is 274 g/mol. The minimum absolute atomic E-state index is 0.254. The number of benzene rings is 1. The summed E-state index contributed by atoms with van der Waals surface area (Å²) in [5.74, 6) is -0.318. The number of aryl methyl sites for hydroxylation is 1. The van der Waals surface area contributed by atoms with Gasteiger partial charge in [-0.3, -0.25) is 0 Å². The van der Waals surface area contributed by atoms with Gasteiger partial charge in [-0.25, -0.2) is 9.78 Å². The zero-order chi connectivity index (χ0) is 14.1. The van der Waals surface area contributed by atoms with E-state index in [0.29, 0.717) is 10.8 Å². The van der Waals surface area contributed by atoms with Gasteiger partial charge in [0.15, 0.2) is 10.8 Å². The molecule has 0 fully saturated rings. The molecule has 2 heterocycles. The number of hydrogen-bond donors (Lipinski definition) is 1. The summed E-state index contributed by atoms with van der Waals surface area (Å²) in [5.41, 5.74) is 1.68. The summed E-state index contributed by atoms with van der Waals surface area (Å²) in [5, 5.41) is 10.4. The molecule has 3 rings (SSSR count). The number of nitrogens with zero attached hydrogens (tertiary/aromatic N) is 1. The number of aromatic nitrogens is 1. The van der Waals surface area contributed by atoms with E-state index in [0.717, 1.165) is 27.9 Å². The fourth-order valence-electron chi connectivity index (χ4n) is 1.90. The second-order valence-electron chi connectivity index (χ2n) is 4.31. The van der Waals surface area contributed by atoms with Crippen LogP contribution in [-0.4, -0.2) is 16.1 Å². The first-order valence-corrected chi connectivity index (χ1v) is 6.82. The van der Waals surface area contributed by atoms with Crippen LogP contribution in [0.4, 0.5) is 0 Å². The van der Waals surface area contributed by atoms with Crippen LogP contribution < -0.4 is 4.74 Å². The second-order valence-corrected chi connectivity index (χ2v) is 5.35. The molecule has 0 saturated heterocycles. The van der Waals surface area contributed by atoms with Crippen LogP contribution in [0.3, 0.4) is 0 Å². The maximum absolute atomic E-state index is 10.9. The fourth-order valence-corrected chi connectivity index (χ4v) is 2.61. The summed E-state index contributed by atoms with van der Waals surface area (Å²) < 4.78 is 5.77. The van der Waals surface area contributed by atoms with Gasteiger partial charge in [0.2, 0.25) is 0 Å². The lowest BCUT2D eigenvalue weighted by atomic mass is 10.2. The standard InChI is InChI=1S/C15H11NO3S/c1-9-5-6-10-3-2-4-11(14(10)16-9)19-13-8-7-12(20-13)15(17)18/h2-8H,1H3,(H,17,18). The first-order valence-electron chi connectivity index (χ1n) is 6.01. The van der Waals surface area contributed by atoms with Crippen LogP contribution in [-0.2, 0) is 0 Å². The molecule has 3 aromatic rings. The van der Waals surface area contributed by atoms with Crippen LogP contribution in [0.2, 0.25) is 0 Å². The predicted molar refractivity (Wildman–Crippen MR) is 77.8 cm³/mol. The van der Waals surface area contributed by atoms with Crippen molar-refractivity contribution in [3.8, 4) is 10.8 Å². The Morgan fingerprint density at radius 2 is 2.05 bits per heavy atom. The number of fused-ring (bicyclic) bond motifs is 1. The molecule has 0 radical (unpaired) electrons. The zero-order valence-corrected chi connectivity index (χ0v) is 11.5. The smallest absolute Gasteiger partial charge is 0.345 e. The highest BCUT2D eigenvalue weighted by Gasteiger charge is 2.10. The van der Waals surface area contributed by atoms with Crippen LogP contribution >= 0.6 is 11.3 Å². The van der Waals surface area contributed by atoms with Gasteiger partial charge >= 0.3 is 5.97 Å².